The molecule has 2 nitrogen and oxygen atoms in total. The van der Waals surface area contributed by atoms with Crippen molar-refractivity contribution < 1.29 is 9.13 Å². The quantitative estimate of drug-likeness (QED) is 0.856. The molecule has 3 heteroatoms. The van der Waals surface area contributed by atoms with Crippen LogP contribution in [0.1, 0.15) is 32.8 Å². The Morgan fingerprint density at radius 1 is 1.29 bits per heavy atom. The minimum Gasteiger partial charge on any atom is -0.490 e. The molecule has 0 unspecified atom stereocenters. The molecule has 1 aromatic rings. The molecule has 0 atom stereocenters. The van der Waals surface area contributed by atoms with Crippen molar-refractivity contribution in [3.05, 3.63) is 29.6 Å². The first-order valence-electron chi connectivity index (χ1n) is 6.04. The Morgan fingerprint density at radius 2 is 2.00 bits per heavy atom. The average Bonchev–Trinajstić information content (AvgIpc) is 2.21. The summed E-state index contributed by atoms with van der Waals surface area (Å²) in [6.07, 6.45) is 1.53. The van der Waals surface area contributed by atoms with Gasteiger partial charge in [-0.25, -0.2) is 4.39 Å². The Labute approximate surface area is 103 Å². The molecule has 0 amide bonds. The zero-order chi connectivity index (χ0) is 12.9. The van der Waals surface area contributed by atoms with E-state index in [0.717, 1.165) is 12.0 Å². The monoisotopic (exact) mass is 239 g/mol. The van der Waals surface area contributed by atoms with Crippen molar-refractivity contribution in [3.63, 3.8) is 0 Å². The van der Waals surface area contributed by atoms with Crippen molar-refractivity contribution >= 4 is 0 Å². The molecule has 0 radical (unpaired) electrons. The molecule has 1 aromatic carbocycles. The lowest BCUT2D eigenvalue weighted by Crippen LogP contribution is -2.13. The molecule has 2 N–H and O–H groups in total. The summed E-state index contributed by atoms with van der Waals surface area (Å²) in [5.41, 5.74) is 6.54. The summed E-state index contributed by atoms with van der Waals surface area (Å²) in [6, 6.07) is 4.98. The van der Waals surface area contributed by atoms with Crippen molar-refractivity contribution in [2.45, 2.75) is 33.6 Å². The van der Waals surface area contributed by atoms with Gasteiger partial charge in [-0.05, 0) is 36.4 Å². The minimum atomic E-state index is -0.301. The van der Waals surface area contributed by atoms with E-state index in [2.05, 4.69) is 20.8 Å². The maximum absolute atomic E-state index is 13.6. The van der Waals surface area contributed by atoms with Crippen LogP contribution in [0.2, 0.25) is 0 Å². The van der Waals surface area contributed by atoms with Crippen LogP contribution >= 0.6 is 0 Å². The van der Waals surface area contributed by atoms with E-state index in [-0.39, 0.29) is 11.2 Å². The highest BCUT2D eigenvalue weighted by Gasteiger charge is 2.13. The fraction of sp³-hybridized carbons (Fsp3) is 0.571. The molecular weight excluding hydrogens is 217 g/mol. The van der Waals surface area contributed by atoms with Gasteiger partial charge in [0.25, 0.3) is 0 Å². The van der Waals surface area contributed by atoms with E-state index in [0.29, 0.717) is 25.3 Å². The Bertz CT molecular complexity index is 358. The summed E-state index contributed by atoms with van der Waals surface area (Å²) >= 11 is 0. The van der Waals surface area contributed by atoms with Crippen molar-refractivity contribution in [1.29, 1.82) is 0 Å². The Kier molecular flexibility index (Phi) is 4.94. The number of halogens is 1. The summed E-state index contributed by atoms with van der Waals surface area (Å²) in [6.45, 7) is 7.44. The Balaban J connectivity index is 2.68. The van der Waals surface area contributed by atoms with Crippen LogP contribution in [0.4, 0.5) is 4.39 Å². The summed E-state index contributed by atoms with van der Waals surface area (Å²) in [4.78, 5) is 0. The van der Waals surface area contributed by atoms with E-state index in [1.807, 2.05) is 6.07 Å². The third-order valence-corrected chi connectivity index (χ3v) is 2.56. The molecule has 0 aromatic heterocycles. The van der Waals surface area contributed by atoms with Crippen molar-refractivity contribution in [2.75, 3.05) is 13.2 Å². The lowest BCUT2D eigenvalue weighted by Gasteiger charge is -2.19. The predicted molar refractivity (Wildman–Crippen MR) is 68.7 cm³/mol. The highest BCUT2D eigenvalue weighted by Crippen LogP contribution is 2.25. The molecule has 0 bridgehead atoms. The molecule has 0 aliphatic carbocycles. The van der Waals surface area contributed by atoms with Gasteiger partial charge in [-0.3, -0.25) is 0 Å². The molecule has 0 aliphatic heterocycles. The SMILES string of the molecule is CC(C)(C)CCOc1c(F)cccc1CCN. The number of rotatable bonds is 5. The second-order valence-corrected chi connectivity index (χ2v) is 5.43. The van der Waals surface area contributed by atoms with Crippen LogP contribution < -0.4 is 10.5 Å². The molecule has 96 valence electrons. The molecule has 0 saturated carbocycles. The van der Waals surface area contributed by atoms with Crippen LogP contribution in [0.15, 0.2) is 18.2 Å². The topological polar surface area (TPSA) is 35.2 Å². The highest BCUT2D eigenvalue weighted by atomic mass is 19.1. The van der Waals surface area contributed by atoms with Gasteiger partial charge in [-0.1, -0.05) is 32.9 Å². The predicted octanol–water partition coefficient (Wildman–Crippen LogP) is 3.14. The van der Waals surface area contributed by atoms with Crippen LogP contribution in [0.3, 0.4) is 0 Å². The highest BCUT2D eigenvalue weighted by molar-refractivity contribution is 5.35. The standard InChI is InChI=1S/C14H22FNO/c1-14(2,3)8-10-17-13-11(7-9-16)5-4-6-12(13)15/h4-6H,7-10,16H2,1-3H3. The number of benzene rings is 1. The summed E-state index contributed by atoms with van der Waals surface area (Å²) in [7, 11) is 0. The second-order valence-electron chi connectivity index (χ2n) is 5.43. The summed E-state index contributed by atoms with van der Waals surface area (Å²) in [5, 5.41) is 0. The van der Waals surface area contributed by atoms with E-state index in [9.17, 15) is 4.39 Å². The first-order chi connectivity index (χ1) is 7.94. The fourth-order valence-corrected chi connectivity index (χ4v) is 1.53. The van der Waals surface area contributed by atoms with Gasteiger partial charge >= 0.3 is 0 Å². The van der Waals surface area contributed by atoms with Gasteiger partial charge in [0, 0.05) is 0 Å². The Hall–Kier alpha value is -1.09. The fourth-order valence-electron chi connectivity index (χ4n) is 1.53. The van der Waals surface area contributed by atoms with Crippen molar-refractivity contribution in [1.82, 2.24) is 0 Å². The summed E-state index contributed by atoms with van der Waals surface area (Å²) < 4.78 is 19.2. The number of hydrogen-bond donors (Lipinski definition) is 1. The third-order valence-electron chi connectivity index (χ3n) is 2.56. The number of para-hydroxylation sites is 1. The first kappa shape index (κ1) is 14.0. The van der Waals surface area contributed by atoms with Gasteiger partial charge < -0.3 is 10.5 Å². The second kappa shape index (κ2) is 6.01. The van der Waals surface area contributed by atoms with Gasteiger partial charge in [0.1, 0.15) is 0 Å². The normalized spacial score (nSPS) is 11.6. The molecule has 0 spiro atoms. The third kappa shape index (κ3) is 4.73. The molecule has 0 saturated heterocycles. The summed E-state index contributed by atoms with van der Waals surface area (Å²) in [5.74, 6) is 0.0621. The number of ether oxygens (including phenoxy) is 1. The minimum absolute atomic E-state index is 0.194. The van der Waals surface area contributed by atoms with Gasteiger partial charge in [-0.15, -0.1) is 0 Å². The number of nitrogens with two attached hydrogens (primary N) is 1. The van der Waals surface area contributed by atoms with Crippen LogP contribution in [0, 0.1) is 11.2 Å². The zero-order valence-electron chi connectivity index (χ0n) is 10.9. The molecule has 0 aliphatic rings. The number of hydrogen-bond acceptors (Lipinski definition) is 2. The van der Waals surface area contributed by atoms with Gasteiger partial charge in [0.05, 0.1) is 6.61 Å². The van der Waals surface area contributed by atoms with E-state index in [1.165, 1.54) is 6.07 Å². The van der Waals surface area contributed by atoms with E-state index in [4.69, 9.17) is 10.5 Å². The lowest BCUT2D eigenvalue weighted by atomic mass is 9.93. The van der Waals surface area contributed by atoms with Crippen LogP contribution in [0.25, 0.3) is 0 Å². The molecule has 17 heavy (non-hydrogen) atoms. The Morgan fingerprint density at radius 3 is 2.59 bits per heavy atom. The van der Waals surface area contributed by atoms with Gasteiger partial charge in [0.2, 0.25) is 0 Å². The smallest absolute Gasteiger partial charge is 0.165 e. The van der Waals surface area contributed by atoms with Gasteiger partial charge in [0.15, 0.2) is 11.6 Å². The maximum Gasteiger partial charge on any atom is 0.165 e. The van der Waals surface area contributed by atoms with E-state index in [1.54, 1.807) is 6.07 Å². The van der Waals surface area contributed by atoms with Gasteiger partial charge in [-0.2, -0.15) is 0 Å². The van der Waals surface area contributed by atoms with Crippen LogP contribution in [0.5, 0.6) is 5.75 Å². The lowest BCUT2D eigenvalue weighted by molar-refractivity contribution is 0.233. The van der Waals surface area contributed by atoms with Crippen molar-refractivity contribution in [2.24, 2.45) is 11.1 Å². The van der Waals surface area contributed by atoms with Crippen LogP contribution in [-0.4, -0.2) is 13.2 Å². The maximum atomic E-state index is 13.6. The van der Waals surface area contributed by atoms with Crippen molar-refractivity contribution in [3.8, 4) is 5.75 Å². The largest absolute Gasteiger partial charge is 0.490 e. The first-order valence-corrected chi connectivity index (χ1v) is 6.04. The van der Waals surface area contributed by atoms with E-state index >= 15 is 0 Å². The van der Waals surface area contributed by atoms with Crippen LogP contribution in [-0.2, 0) is 6.42 Å². The van der Waals surface area contributed by atoms with E-state index < -0.39 is 0 Å². The average molecular weight is 239 g/mol. The molecule has 1 rings (SSSR count). The molecule has 0 heterocycles. The molecular formula is C14H22FNO. The zero-order valence-corrected chi connectivity index (χ0v) is 10.9. The molecule has 0 fully saturated rings.